The average molecular weight is 262 g/mol. The zero-order valence-electron chi connectivity index (χ0n) is 11.1. The molecule has 2 aromatic rings. The molecule has 0 amide bonds. The van der Waals surface area contributed by atoms with Gasteiger partial charge in [-0.1, -0.05) is 12.1 Å². The van der Waals surface area contributed by atoms with Gasteiger partial charge in [-0.15, -0.1) is 0 Å². The first-order chi connectivity index (χ1) is 9.17. The third kappa shape index (κ3) is 3.87. The minimum atomic E-state index is 0.480. The van der Waals surface area contributed by atoms with Gasteiger partial charge in [-0.05, 0) is 12.5 Å². The van der Waals surface area contributed by atoms with Crippen LogP contribution in [0.4, 0.5) is 11.4 Å². The number of ether oxygens (including phenoxy) is 1. The lowest BCUT2D eigenvalue weighted by Crippen LogP contribution is -2.03. The first-order valence-electron chi connectivity index (χ1n) is 6.24. The molecule has 1 aromatic carbocycles. The zero-order chi connectivity index (χ0) is 13.7. The van der Waals surface area contributed by atoms with E-state index in [1.165, 1.54) is 0 Å². The van der Waals surface area contributed by atoms with Crippen molar-refractivity contribution in [3.8, 4) is 5.75 Å². The third-order valence-electron chi connectivity index (χ3n) is 2.42. The van der Waals surface area contributed by atoms with Crippen molar-refractivity contribution in [2.75, 3.05) is 17.7 Å². The molecule has 1 heterocycles. The summed E-state index contributed by atoms with van der Waals surface area (Å²) in [5.41, 5.74) is 7.36. The number of hydrogen-bond acceptors (Lipinski definition) is 6. The SMILES string of the molecule is CCCOc1cc(N)cc(NCc2noc(C)n2)c1. The Bertz CT molecular complexity index is 539. The Labute approximate surface area is 112 Å². The van der Waals surface area contributed by atoms with Gasteiger partial charge in [0.05, 0.1) is 13.2 Å². The van der Waals surface area contributed by atoms with Crippen LogP contribution in [-0.2, 0) is 6.54 Å². The van der Waals surface area contributed by atoms with Gasteiger partial charge in [0, 0.05) is 30.4 Å². The van der Waals surface area contributed by atoms with E-state index in [-0.39, 0.29) is 0 Å². The molecule has 6 heteroatoms. The highest BCUT2D eigenvalue weighted by Crippen LogP contribution is 2.23. The van der Waals surface area contributed by atoms with Crippen LogP contribution in [0.2, 0.25) is 0 Å². The molecule has 0 saturated heterocycles. The van der Waals surface area contributed by atoms with E-state index in [0.717, 1.165) is 17.9 Å². The number of rotatable bonds is 6. The summed E-state index contributed by atoms with van der Waals surface area (Å²) in [6.45, 7) is 4.97. The van der Waals surface area contributed by atoms with Crippen LogP contribution < -0.4 is 15.8 Å². The molecule has 0 aliphatic rings. The summed E-state index contributed by atoms with van der Waals surface area (Å²) in [4.78, 5) is 4.12. The molecule has 0 saturated carbocycles. The molecule has 0 radical (unpaired) electrons. The lowest BCUT2D eigenvalue weighted by atomic mass is 10.2. The zero-order valence-corrected chi connectivity index (χ0v) is 11.1. The van der Waals surface area contributed by atoms with Gasteiger partial charge in [0.25, 0.3) is 0 Å². The van der Waals surface area contributed by atoms with Crippen LogP contribution in [-0.4, -0.2) is 16.7 Å². The average Bonchev–Trinajstić information content (AvgIpc) is 2.79. The fraction of sp³-hybridized carbons (Fsp3) is 0.385. The van der Waals surface area contributed by atoms with Crippen molar-refractivity contribution < 1.29 is 9.26 Å². The van der Waals surface area contributed by atoms with Gasteiger partial charge in [-0.25, -0.2) is 0 Å². The highest BCUT2D eigenvalue weighted by Gasteiger charge is 2.04. The number of aromatic nitrogens is 2. The van der Waals surface area contributed by atoms with Gasteiger partial charge in [0.2, 0.25) is 5.89 Å². The summed E-state index contributed by atoms with van der Waals surface area (Å²) in [6, 6.07) is 5.55. The van der Waals surface area contributed by atoms with E-state index in [1.807, 2.05) is 12.1 Å². The number of anilines is 2. The molecule has 0 aliphatic heterocycles. The lowest BCUT2D eigenvalue weighted by molar-refractivity contribution is 0.318. The standard InChI is InChI=1S/C13H18N4O2/c1-3-4-18-12-6-10(14)5-11(7-12)15-8-13-16-9(2)19-17-13/h5-7,15H,3-4,8,14H2,1-2H3. The third-order valence-corrected chi connectivity index (χ3v) is 2.42. The molecule has 1 aromatic heterocycles. The molecule has 0 fully saturated rings. The molecule has 0 atom stereocenters. The summed E-state index contributed by atoms with van der Waals surface area (Å²) in [5, 5.41) is 7.00. The van der Waals surface area contributed by atoms with Crippen molar-refractivity contribution in [2.45, 2.75) is 26.8 Å². The Morgan fingerprint density at radius 2 is 2.21 bits per heavy atom. The number of nitrogens with two attached hydrogens (primary N) is 1. The number of benzene rings is 1. The van der Waals surface area contributed by atoms with Gasteiger partial charge in [-0.2, -0.15) is 4.98 Å². The number of hydrogen-bond donors (Lipinski definition) is 2. The highest BCUT2D eigenvalue weighted by molar-refractivity contribution is 5.59. The fourth-order valence-corrected chi connectivity index (χ4v) is 1.62. The normalized spacial score (nSPS) is 10.4. The molecule has 0 spiro atoms. The molecule has 19 heavy (non-hydrogen) atoms. The van der Waals surface area contributed by atoms with Crippen molar-refractivity contribution in [1.82, 2.24) is 10.1 Å². The maximum absolute atomic E-state index is 5.83. The fourth-order valence-electron chi connectivity index (χ4n) is 1.62. The molecule has 0 aliphatic carbocycles. The largest absolute Gasteiger partial charge is 0.493 e. The predicted molar refractivity (Wildman–Crippen MR) is 73.0 cm³/mol. The van der Waals surface area contributed by atoms with Crippen LogP contribution in [0, 0.1) is 6.92 Å². The van der Waals surface area contributed by atoms with Crippen LogP contribution in [0.5, 0.6) is 5.75 Å². The van der Waals surface area contributed by atoms with Crippen LogP contribution >= 0.6 is 0 Å². The molecule has 0 unspecified atom stereocenters. The second kappa shape index (κ2) is 6.08. The van der Waals surface area contributed by atoms with E-state index in [9.17, 15) is 0 Å². The van der Waals surface area contributed by atoms with Crippen LogP contribution in [0.3, 0.4) is 0 Å². The molecule has 0 bridgehead atoms. The maximum atomic E-state index is 5.83. The minimum absolute atomic E-state index is 0.480. The summed E-state index contributed by atoms with van der Waals surface area (Å²) in [6.07, 6.45) is 0.958. The maximum Gasteiger partial charge on any atom is 0.223 e. The Balaban J connectivity index is 2.01. The lowest BCUT2D eigenvalue weighted by Gasteiger charge is -2.09. The van der Waals surface area contributed by atoms with Crippen molar-refractivity contribution in [1.29, 1.82) is 0 Å². The summed E-state index contributed by atoms with van der Waals surface area (Å²) < 4.78 is 10.5. The van der Waals surface area contributed by atoms with Crippen molar-refractivity contribution in [3.05, 3.63) is 29.9 Å². The Morgan fingerprint density at radius 3 is 2.89 bits per heavy atom. The Hall–Kier alpha value is -2.24. The van der Waals surface area contributed by atoms with Gasteiger partial charge >= 0.3 is 0 Å². The van der Waals surface area contributed by atoms with Gasteiger partial charge in [0.15, 0.2) is 5.82 Å². The second-order valence-corrected chi connectivity index (χ2v) is 4.22. The van der Waals surface area contributed by atoms with Crippen molar-refractivity contribution >= 4 is 11.4 Å². The first kappa shape index (κ1) is 13.2. The van der Waals surface area contributed by atoms with Gasteiger partial charge in [-0.3, -0.25) is 0 Å². The van der Waals surface area contributed by atoms with Crippen LogP contribution in [0.1, 0.15) is 25.1 Å². The monoisotopic (exact) mass is 262 g/mol. The summed E-state index contributed by atoms with van der Waals surface area (Å²) >= 11 is 0. The van der Waals surface area contributed by atoms with E-state index < -0.39 is 0 Å². The predicted octanol–water partition coefficient (Wildman–Crippen LogP) is 2.36. The Morgan fingerprint density at radius 1 is 1.37 bits per heavy atom. The van der Waals surface area contributed by atoms with Crippen molar-refractivity contribution in [3.63, 3.8) is 0 Å². The Kier molecular flexibility index (Phi) is 4.22. The first-order valence-corrected chi connectivity index (χ1v) is 6.24. The van der Waals surface area contributed by atoms with E-state index in [2.05, 4.69) is 22.4 Å². The van der Waals surface area contributed by atoms with Crippen LogP contribution in [0.15, 0.2) is 22.7 Å². The molecule has 2 rings (SSSR count). The smallest absolute Gasteiger partial charge is 0.223 e. The molecular weight excluding hydrogens is 244 g/mol. The molecule has 3 N–H and O–H groups in total. The van der Waals surface area contributed by atoms with E-state index in [1.54, 1.807) is 13.0 Å². The van der Waals surface area contributed by atoms with E-state index in [0.29, 0.717) is 30.6 Å². The second-order valence-electron chi connectivity index (χ2n) is 4.22. The number of nitrogen functional groups attached to an aromatic ring is 1. The van der Waals surface area contributed by atoms with Crippen molar-refractivity contribution in [2.24, 2.45) is 0 Å². The molecular formula is C13H18N4O2. The summed E-state index contributed by atoms with van der Waals surface area (Å²) in [5.74, 6) is 1.92. The summed E-state index contributed by atoms with van der Waals surface area (Å²) in [7, 11) is 0. The molecule has 6 nitrogen and oxygen atoms in total. The number of nitrogens with zero attached hydrogens (tertiary/aromatic N) is 2. The molecule has 102 valence electrons. The minimum Gasteiger partial charge on any atom is -0.493 e. The topological polar surface area (TPSA) is 86.2 Å². The highest BCUT2D eigenvalue weighted by atomic mass is 16.5. The van der Waals surface area contributed by atoms with E-state index in [4.69, 9.17) is 15.0 Å². The van der Waals surface area contributed by atoms with E-state index >= 15 is 0 Å². The quantitative estimate of drug-likeness (QED) is 0.777. The number of nitrogens with one attached hydrogen (secondary N) is 1. The number of aryl methyl sites for hydroxylation is 1. The van der Waals surface area contributed by atoms with Gasteiger partial charge in [0.1, 0.15) is 5.75 Å². The van der Waals surface area contributed by atoms with Gasteiger partial charge < -0.3 is 20.3 Å². The van der Waals surface area contributed by atoms with Crippen LogP contribution in [0.25, 0.3) is 0 Å².